The van der Waals surface area contributed by atoms with E-state index in [1.165, 1.54) is 36.2 Å². The average molecular weight is 258 g/mol. The third kappa shape index (κ3) is 1.85. The van der Waals surface area contributed by atoms with Crippen molar-refractivity contribution in [3.8, 4) is 0 Å². The van der Waals surface area contributed by atoms with Crippen LogP contribution in [0.4, 0.5) is 0 Å². The monoisotopic (exact) mass is 258 g/mol. The topological polar surface area (TPSA) is 0 Å². The molecular weight excluding hydrogens is 244 g/mol. The van der Waals surface area contributed by atoms with Gasteiger partial charge in [-0.25, -0.2) is 0 Å². The summed E-state index contributed by atoms with van der Waals surface area (Å²) in [5.74, 6) is 0. The molecule has 0 saturated carbocycles. The molecule has 0 aliphatic rings. The van der Waals surface area contributed by atoms with Crippen LogP contribution in [0.5, 0.6) is 0 Å². The van der Waals surface area contributed by atoms with E-state index >= 15 is 0 Å². The van der Waals surface area contributed by atoms with E-state index in [-0.39, 0.29) is 0 Å². The SMILES string of the molecule is CSc1cc2cc3sc(C)cc3cc2cc1C. The van der Waals surface area contributed by atoms with E-state index in [1.54, 1.807) is 0 Å². The van der Waals surface area contributed by atoms with Gasteiger partial charge in [-0.15, -0.1) is 23.1 Å². The zero-order valence-electron chi connectivity index (χ0n) is 10.2. The van der Waals surface area contributed by atoms with Crippen LogP contribution in [0.15, 0.2) is 35.2 Å². The smallest absolute Gasteiger partial charge is 0.0351 e. The molecule has 0 fully saturated rings. The van der Waals surface area contributed by atoms with E-state index in [0.717, 1.165) is 0 Å². The molecule has 0 amide bonds. The maximum Gasteiger partial charge on any atom is 0.0351 e. The van der Waals surface area contributed by atoms with Crippen molar-refractivity contribution in [1.29, 1.82) is 0 Å². The van der Waals surface area contributed by atoms with Crippen molar-refractivity contribution in [2.45, 2.75) is 18.7 Å². The highest BCUT2D eigenvalue weighted by atomic mass is 32.2. The van der Waals surface area contributed by atoms with E-state index in [9.17, 15) is 0 Å². The molecule has 2 aromatic carbocycles. The Kier molecular flexibility index (Phi) is 2.64. The van der Waals surface area contributed by atoms with Gasteiger partial charge in [0.25, 0.3) is 0 Å². The lowest BCUT2D eigenvalue weighted by Gasteiger charge is -2.05. The van der Waals surface area contributed by atoms with Crippen LogP contribution in [-0.4, -0.2) is 6.26 Å². The van der Waals surface area contributed by atoms with Crippen molar-refractivity contribution in [2.24, 2.45) is 0 Å². The van der Waals surface area contributed by atoms with Gasteiger partial charge < -0.3 is 0 Å². The summed E-state index contributed by atoms with van der Waals surface area (Å²) in [4.78, 5) is 2.77. The van der Waals surface area contributed by atoms with Gasteiger partial charge in [0, 0.05) is 14.5 Å². The van der Waals surface area contributed by atoms with Crippen molar-refractivity contribution < 1.29 is 0 Å². The summed E-state index contributed by atoms with van der Waals surface area (Å²) in [5.41, 5.74) is 1.37. The Bertz CT molecular complexity index is 708. The van der Waals surface area contributed by atoms with Crippen LogP contribution in [0.25, 0.3) is 20.9 Å². The highest BCUT2D eigenvalue weighted by molar-refractivity contribution is 7.98. The molecule has 3 rings (SSSR count). The summed E-state index contributed by atoms with van der Waals surface area (Å²) < 4.78 is 1.39. The Hall–Kier alpha value is -0.990. The van der Waals surface area contributed by atoms with E-state index in [4.69, 9.17) is 0 Å². The number of hydrogen-bond acceptors (Lipinski definition) is 2. The Morgan fingerprint density at radius 2 is 1.65 bits per heavy atom. The lowest BCUT2D eigenvalue weighted by molar-refractivity contribution is 1.34. The molecule has 0 saturated heterocycles. The van der Waals surface area contributed by atoms with Gasteiger partial charge in [-0.05, 0) is 66.1 Å². The van der Waals surface area contributed by atoms with Crippen LogP contribution < -0.4 is 0 Å². The van der Waals surface area contributed by atoms with Crippen LogP contribution in [-0.2, 0) is 0 Å². The minimum atomic E-state index is 1.35. The Morgan fingerprint density at radius 1 is 0.882 bits per heavy atom. The second kappa shape index (κ2) is 4.04. The fraction of sp³-hybridized carbons (Fsp3) is 0.200. The highest BCUT2D eigenvalue weighted by Crippen LogP contribution is 2.32. The first-order chi connectivity index (χ1) is 8.17. The van der Waals surface area contributed by atoms with Gasteiger partial charge in [0.1, 0.15) is 0 Å². The van der Waals surface area contributed by atoms with Gasteiger partial charge in [0.15, 0.2) is 0 Å². The normalized spacial score (nSPS) is 11.5. The summed E-state index contributed by atoms with van der Waals surface area (Å²) in [7, 11) is 0. The number of aryl methyl sites for hydroxylation is 2. The Labute approximate surface area is 110 Å². The van der Waals surface area contributed by atoms with Crippen molar-refractivity contribution in [2.75, 3.05) is 6.26 Å². The van der Waals surface area contributed by atoms with E-state index in [0.29, 0.717) is 0 Å². The number of fused-ring (bicyclic) bond motifs is 2. The molecule has 0 radical (unpaired) electrons. The zero-order chi connectivity index (χ0) is 12.0. The molecule has 3 aromatic rings. The van der Waals surface area contributed by atoms with E-state index in [2.05, 4.69) is 50.4 Å². The molecule has 0 nitrogen and oxygen atoms in total. The number of thiophene rings is 1. The molecule has 2 heteroatoms. The minimum absolute atomic E-state index is 1.35. The molecule has 0 atom stereocenters. The lowest BCUT2D eigenvalue weighted by Crippen LogP contribution is -1.80. The van der Waals surface area contributed by atoms with Crippen LogP contribution in [0, 0.1) is 13.8 Å². The first kappa shape index (κ1) is 11.1. The molecule has 0 spiro atoms. The molecule has 0 unspecified atom stereocenters. The number of rotatable bonds is 1. The summed E-state index contributed by atoms with van der Waals surface area (Å²) in [6.45, 7) is 4.36. The maximum atomic E-state index is 2.32. The molecule has 0 aliphatic heterocycles. The van der Waals surface area contributed by atoms with Crippen LogP contribution >= 0.6 is 23.1 Å². The highest BCUT2D eigenvalue weighted by Gasteiger charge is 2.04. The fourth-order valence-corrected chi connectivity index (χ4v) is 3.86. The molecule has 0 N–H and O–H groups in total. The predicted octanol–water partition coefficient (Wildman–Crippen LogP) is 5.39. The standard InChI is InChI=1S/C15H14S2/c1-9-4-11-6-13-5-10(2)17-15(13)8-12(11)7-14(9)16-3/h4-8H,1-3H3. The Balaban J connectivity index is 2.38. The van der Waals surface area contributed by atoms with Crippen molar-refractivity contribution in [1.82, 2.24) is 0 Å². The minimum Gasteiger partial charge on any atom is -0.141 e. The predicted molar refractivity (Wildman–Crippen MR) is 80.6 cm³/mol. The van der Waals surface area contributed by atoms with Gasteiger partial charge in [-0.1, -0.05) is 6.07 Å². The van der Waals surface area contributed by atoms with Gasteiger partial charge in [-0.3, -0.25) is 0 Å². The second-order valence-electron chi connectivity index (χ2n) is 4.42. The number of hydrogen-bond donors (Lipinski definition) is 0. The molecule has 0 bridgehead atoms. The van der Waals surface area contributed by atoms with Crippen LogP contribution in [0.3, 0.4) is 0 Å². The number of benzene rings is 2. The second-order valence-corrected chi connectivity index (χ2v) is 6.55. The van der Waals surface area contributed by atoms with Crippen molar-refractivity contribution in [3.63, 3.8) is 0 Å². The molecular formula is C15H14S2. The van der Waals surface area contributed by atoms with Crippen LogP contribution in [0.2, 0.25) is 0 Å². The van der Waals surface area contributed by atoms with Gasteiger partial charge in [0.2, 0.25) is 0 Å². The molecule has 0 aliphatic carbocycles. The van der Waals surface area contributed by atoms with E-state index < -0.39 is 0 Å². The van der Waals surface area contributed by atoms with Crippen LogP contribution in [0.1, 0.15) is 10.4 Å². The first-order valence-corrected chi connectivity index (χ1v) is 7.70. The Morgan fingerprint density at radius 3 is 2.41 bits per heavy atom. The summed E-state index contributed by atoms with van der Waals surface area (Å²) in [6, 6.07) is 11.5. The summed E-state index contributed by atoms with van der Waals surface area (Å²) in [5, 5.41) is 4.08. The van der Waals surface area contributed by atoms with Gasteiger partial charge in [-0.2, -0.15) is 0 Å². The molecule has 17 heavy (non-hydrogen) atoms. The quantitative estimate of drug-likeness (QED) is 0.527. The largest absolute Gasteiger partial charge is 0.141 e. The van der Waals surface area contributed by atoms with Gasteiger partial charge >= 0.3 is 0 Å². The maximum absolute atomic E-state index is 2.32. The fourth-order valence-electron chi connectivity index (χ4n) is 2.28. The molecule has 86 valence electrons. The zero-order valence-corrected chi connectivity index (χ0v) is 11.8. The average Bonchev–Trinajstić information content (AvgIpc) is 2.64. The third-order valence-corrected chi connectivity index (χ3v) is 5.01. The van der Waals surface area contributed by atoms with Crippen molar-refractivity contribution in [3.05, 3.63) is 40.8 Å². The summed E-state index contributed by atoms with van der Waals surface area (Å²) >= 11 is 3.70. The summed E-state index contributed by atoms with van der Waals surface area (Å²) in [6.07, 6.45) is 2.14. The van der Waals surface area contributed by atoms with Crippen molar-refractivity contribution >= 4 is 44.0 Å². The molecule has 1 aromatic heterocycles. The first-order valence-electron chi connectivity index (χ1n) is 5.66. The third-order valence-electron chi connectivity index (χ3n) is 3.11. The van der Waals surface area contributed by atoms with Gasteiger partial charge in [0.05, 0.1) is 0 Å². The lowest BCUT2D eigenvalue weighted by atomic mass is 10.1. The molecule has 1 heterocycles. The van der Waals surface area contributed by atoms with E-state index in [1.807, 2.05) is 23.1 Å². The number of thioether (sulfide) groups is 1.